The summed E-state index contributed by atoms with van der Waals surface area (Å²) in [7, 11) is 0. The molecule has 1 radical (unpaired) electrons. The Morgan fingerprint density at radius 3 is 2.30 bits per heavy atom. The molecular formula is C17H24N3O3. The normalized spacial score (nSPS) is 15.7. The summed E-state index contributed by atoms with van der Waals surface area (Å²) in [6.07, 6.45) is 2.06. The van der Waals surface area contributed by atoms with E-state index in [1.807, 2.05) is 11.0 Å². The number of rotatable bonds is 3. The van der Waals surface area contributed by atoms with E-state index in [0.717, 1.165) is 24.3 Å². The van der Waals surface area contributed by atoms with E-state index in [1.54, 1.807) is 19.1 Å². The molecule has 1 saturated heterocycles. The predicted molar refractivity (Wildman–Crippen MR) is 90.4 cm³/mol. The first-order chi connectivity index (χ1) is 10.7. The van der Waals surface area contributed by atoms with Crippen LogP contribution in [-0.4, -0.2) is 41.9 Å². The summed E-state index contributed by atoms with van der Waals surface area (Å²) in [6, 6.07) is 5.00. The highest BCUT2D eigenvalue weighted by atomic mass is 16.6. The number of anilines is 1. The topological polar surface area (TPSA) is 66.7 Å². The van der Waals surface area contributed by atoms with Gasteiger partial charge >= 0.3 is 0 Å². The molecule has 1 aliphatic rings. The van der Waals surface area contributed by atoms with Crippen LogP contribution < -0.4 is 4.90 Å². The summed E-state index contributed by atoms with van der Waals surface area (Å²) < 4.78 is 0. The number of carbonyl (C=O) groups excluding carboxylic acids is 1. The second kappa shape index (κ2) is 6.56. The molecule has 1 amide bonds. The van der Waals surface area contributed by atoms with Crippen molar-refractivity contribution in [3.05, 3.63) is 40.3 Å². The molecule has 1 fully saturated rings. The van der Waals surface area contributed by atoms with Crippen molar-refractivity contribution in [2.45, 2.75) is 27.7 Å². The zero-order valence-electron chi connectivity index (χ0n) is 14.2. The summed E-state index contributed by atoms with van der Waals surface area (Å²) in [6.45, 7) is 10.6. The number of nitrogens with zero attached hydrogens (tertiary/aromatic N) is 3. The second-order valence-electron chi connectivity index (χ2n) is 7.00. The fraction of sp³-hybridized carbons (Fsp3) is 0.529. The monoisotopic (exact) mass is 318 g/mol. The van der Waals surface area contributed by atoms with Crippen molar-refractivity contribution in [1.29, 1.82) is 0 Å². The SMILES string of the molecule is CC(=O)N1CCN(c2ccc([N+](=O)[O-])cc2[CH]C(C)(C)C)CC1. The van der Waals surface area contributed by atoms with Crippen LogP contribution in [0.3, 0.4) is 0 Å². The number of piperazine rings is 1. The van der Waals surface area contributed by atoms with Crippen LogP contribution in [0.25, 0.3) is 0 Å². The molecule has 0 atom stereocenters. The fourth-order valence-electron chi connectivity index (χ4n) is 2.79. The third-order valence-corrected chi connectivity index (χ3v) is 3.88. The van der Waals surface area contributed by atoms with Gasteiger partial charge < -0.3 is 9.80 Å². The fourth-order valence-corrected chi connectivity index (χ4v) is 2.79. The molecular weight excluding hydrogens is 294 g/mol. The molecule has 23 heavy (non-hydrogen) atoms. The highest BCUT2D eigenvalue weighted by Crippen LogP contribution is 2.33. The highest BCUT2D eigenvalue weighted by Gasteiger charge is 2.24. The van der Waals surface area contributed by atoms with E-state index in [9.17, 15) is 14.9 Å². The van der Waals surface area contributed by atoms with Crippen LogP contribution in [0.15, 0.2) is 18.2 Å². The van der Waals surface area contributed by atoms with E-state index in [-0.39, 0.29) is 21.9 Å². The molecule has 6 nitrogen and oxygen atoms in total. The predicted octanol–water partition coefficient (Wildman–Crippen LogP) is 2.86. The van der Waals surface area contributed by atoms with Gasteiger partial charge in [-0.3, -0.25) is 14.9 Å². The Bertz CT molecular complexity index is 600. The standard InChI is InChI=1S/C17H24N3O3/c1-13(21)18-7-9-19(10-8-18)16-6-5-15(20(22)23)11-14(16)12-17(2,3)4/h5-6,11-12H,7-10H2,1-4H3. The smallest absolute Gasteiger partial charge is 0.269 e. The molecule has 1 aliphatic heterocycles. The summed E-state index contributed by atoms with van der Waals surface area (Å²) in [5.74, 6) is 0.0924. The van der Waals surface area contributed by atoms with Crippen LogP contribution in [0.1, 0.15) is 33.3 Å². The van der Waals surface area contributed by atoms with Gasteiger partial charge in [0.2, 0.25) is 5.91 Å². The van der Waals surface area contributed by atoms with Crippen molar-refractivity contribution in [3.63, 3.8) is 0 Å². The minimum atomic E-state index is -0.364. The van der Waals surface area contributed by atoms with E-state index in [1.165, 1.54) is 0 Å². The minimum absolute atomic E-state index is 0.0782. The molecule has 0 saturated carbocycles. The zero-order chi connectivity index (χ0) is 17.2. The lowest BCUT2D eigenvalue weighted by Gasteiger charge is -2.37. The zero-order valence-corrected chi connectivity index (χ0v) is 14.2. The summed E-state index contributed by atoms with van der Waals surface area (Å²) in [5, 5.41) is 11.1. The maximum absolute atomic E-state index is 11.4. The van der Waals surface area contributed by atoms with Crippen molar-refractivity contribution >= 4 is 17.3 Å². The van der Waals surface area contributed by atoms with E-state index < -0.39 is 0 Å². The number of nitro groups is 1. The first-order valence-electron chi connectivity index (χ1n) is 7.82. The van der Waals surface area contributed by atoms with E-state index in [0.29, 0.717) is 13.1 Å². The Morgan fingerprint density at radius 2 is 1.83 bits per heavy atom. The first-order valence-corrected chi connectivity index (χ1v) is 7.82. The van der Waals surface area contributed by atoms with Crippen molar-refractivity contribution in [2.24, 2.45) is 5.41 Å². The van der Waals surface area contributed by atoms with Gasteiger partial charge in [-0.05, 0) is 23.5 Å². The van der Waals surface area contributed by atoms with Crippen LogP contribution in [0.4, 0.5) is 11.4 Å². The second-order valence-corrected chi connectivity index (χ2v) is 7.00. The average molecular weight is 318 g/mol. The van der Waals surface area contributed by atoms with E-state index in [4.69, 9.17) is 0 Å². The quantitative estimate of drug-likeness (QED) is 0.635. The lowest BCUT2D eigenvalue weighted by atomic mass is 9.87. The number of non-ortho nitro benzene ring substituents is 1. The lowest BCUT2D eigenvalue weighted by Crippen LogP contribution is -2.48. The van der Waals surface area contributed by atoms with Gasteiger partial charge in [-0.2, -0.15) is 0 Å². The van der Waals surface area contributed by atoms with Crippen LogP contribution in [0, 0.1) is 22.0 Å². The Labute approximate surface area is 137 Å². The summed E-state index contributed by atoms with van der Waals surface area (Å²) in [5.41, 5.74) is 1.90. The van der Waals surface area contributed by atoms with Crippen LogP contribution in [-0.2, 0) is 4.79 Å². The van der Waals surface area contributed by atoms with Gasteiger partial charge in [-0.15, -0.1) is 0 Å². The molecule has 1 heterocycles. The Balaban J connectivity index is 2.27. The van der Waals surface area contributed by atoms with Crippen LogP contribution >= 0.6 is 0 Å². The van der Waals surface area contributed by atoms with E-state index in [2.05, 4.69) is 32.1 Å². The summed E-state index contributed by atoms with van der Waals surface area (Å²) >= 11 is 0. The van der Waals surface area contributed by atoms with Gasteiger partial charge in [0.05, 0.1) is 4.92 Å². The third-order valence-electron chi connectivity index (χ3n) is 3.88. The number of carbonyl (C=O) groups is 1. The van der Waals surface area contributed by atoms with Gasteiger partial charge in [-0.1, -0.05) is 20.8 Å². The van der Waals surface area contributed by atoms with Crippen molar-refractivity contribution in [2.75, 3.05) is 31.1 Å². The summed E-state index contributed by atoms with van der Waals surface area (Å²) in [4.78, 5) is 26.2. The van der Waals surface area contributed by atoms with Crippen molar-refractivity contribution < 1.29 is 9.72 Å². The molecule has 0 unspecified atom stereocenters. The van der Waals surface area contributed by atoms with Gasteiger partial charge in [-0.25, -0.2) is 0 Å². The average Bonchev–Trinajstić information content (AvgIpc) is 2.45. The molecule has 0 N–H and O–H groups in total. The van der Waals surface area contributed by atoms with Crippen molar-refractivity contribution in [1.82, 2.24) is 4.90 Å². The lowest BCUT2D eigenvalue weighted by molar-refractivity contribution is -0.384. The van der Waals surface area contributed by atoms with E-state index >= 15 is 0 Å². The molecule has 2 rings (SSSR count). The highest BCUT2D eigenvalue weighted by molar-refractivity contribution is 5.73. The minimum Gasteiger partial charge on any atom is -0.368 e. The molecule has 1 aromatic carbocycles. The van der Waals surface area contributed by atoms with Gasteiger partial charge in [0, 0.05) is 50.9 Å². The number of nitro benzene ring substituents is 1. The molecule has 0 spiro atoms. The van der Waals surface area contributed by atoms with Gasteiger partial charge in [0.15, 0.2) is 0 Å². The Kier molecular flexibility index (Phi) is 4.92. The number of benzene rings is 1. The molecule has 0 bridgehead atoms. The maximum Gasteiger partial charge on any atom is 0.269 e. The van der Waals surface area contributed by atoms with Crippen LogP contribution in [0.2, 0.25) is 0 Å². The largest absolute Gasteiger partial charge is 0.368 e. The van der Waals surface area contributed by atoms with Gasteiger partial charge in [0.1, 0.15) is 0 Å². The third kappa shape index (κ3) is 4.43. The molecule has 0 aliphatic carbocycles. The number of hydrogen-bond acceptors (Lipinski definition) is 4. The van der Waals surface area contributed by atoms with Crippen molar-refractivity contribution in [3.8, 4) is 0 Å². The molecule has 1 aromatic rings. The molecule has 125 valence electrons. The Hall–Kier alpha value is -2.11. The number of amides is 1. The van der Waals surface area contributed by atoms with Gasteiger partial charge in [0.25, 0.3) is 5.69 Å². The van der Waals surface area contributed by atoms with Crippen LogP contribution in [0.5, 0.6) is 0 Å². The Morgan fingerprint density at radius 1 is 1.22 bits per heavy atom. The maximum atomic E-state index is 11.4. The number of hydrogen-bond donors (Lipinski definition) is 0. The first kappa shape index (κ1) is 17.2. The molecule has 6 heteroatoms. The molecule has 0 aromatic heterocycles.